The number of para-hydroxylation sites is 1. The van der Waals surface area contributed by atoms with Gasteiger partial charge in [0.25, 0.3) is 0 Å². The molecule has 0 atom stereocenters. The van der Waals surface area contributed by atoms with E-state index in [0.29, 0.717) is 0 Å². The van der Waals surface area contributed by atoms with Crippen LogP contribution in [0.1, 0.15) is 11.5 Å². The lowest BCUT2D eigenvalue weighted by Crippen LogP contribution is -1.94. The molecule has 0 radical (unpaired) electrons. The molecule has 0 aliphatic heterocycles. The maximum Gasteiger partial charge on any atom is 0.122 e. The number of benzene rings is 1. The van der Waals surface area contributed by atoms with Crippen LogP contribution in [0.5, 0.6) is 5.75 Å². The van der Waals surface area contributed by atoms with Crippen LogP contribution < -0.4 is 4.74 Å². The first-order chi connectivity index (χ1) is 6.33. The van der Waals surface area contributed by atoms with Gasteiger partial charge in [-0.2, -0.15) is 0 Å². The van der Waals surface area contributed by atoms with E-state index in [4.69, 9.17) is 4.74 Å². The summed E-state index contributed by atoms with van der Waals surface area (Å²) in [5.41, 5.74) is 1.11. The van der Waals surface area contributed by atoms with Crippen LogP contribution in [0.25, 0.3) is 0 Å². The maximum atomic E-state index is 5.23. The smallest absolute Gasteiger partial charge is 0.122 e. The predicted molar refractivity (Wildman–Crippen MR) is 56.1 cm³/mol. The Morgan fingerprint density at radius 2 is 1.85 bits per heavy atom. The highest BCUT2D eigenvalue weighted by molar-refractivity contribution is 5.40. The second-order valence-corrected chi connectivity index (χ2v) is 2.74. The molecule has 1 heteroatoms. The van der Waals surface area contributed by atoms with Crippen molar-refractivity contribution in [2.45, 2.75) is 5.92 Å². The van der Waals surface area contributed by atoms with E-state index in [0.717, 1.165) is 11.3 Å². The van der Waals surface area contributed by atoms with Crippen molar-refractivity contribution in [3.8, 4) is 5.75 Å². The maximum absolute atomic E-state index is 5.23. The Balaban J connectivity index is 3.10. The minimum atomic E-state index is 0.163. The number of rotatable bonds is 4. The summed E-state index contributed by atoms with van der Waals surface area (Å²) in [6, 6.07) is 7.89. The Labute approximate surface area is 79.4 Å². The molecule has 0 bridgehead atoms. The Kier molecular flexibility index (Phi) is 3.32. The molecule has 0 fully saturated rings. The fourth-order valence-corrected chi connectivity index (χ4v) is 1.29. The number of methoxy groups -OCH3 is 1. The zero-order chi connectivity index (χ0) is 9.68. The van der Waals surface area contributed by atoms with Crippen molar-refractivity contribution in [2.75, 3.05) is 7.11 Å². The van der Waals surface area contributed by atoms with E-state index in [2.05, 4.69) is 13.2 Å². The standard InChI is InChI=1S/C12H14O/c1-4-10(5-2)11-8-6-7-9-12(11)13-3/h4-10H,1-2H2,3H3. The summed E-state index contributed by atoms with van der Waals surface area (Å²) in [5.74, 6) is 1.04. The SMILES string of the molecule is C=CC(C=C)c1ccccc1OC. The number of hydrogen-bond donors (Lipinski definition) is 0. The largest absolute Gasteiger partial charge is 0.496 e. The van der Waals surface area contributed by atoms with Crippen molar-refractivity contribution < 1.29 is 4.74 Å². The third kappa shape index (κ3) is 2.00. The highest BCUT2D eigenvalue weighted by Crippen LogP contribution is 2.27. The Hall–Kier alpha value is -1.50. The van der Waals surface area contributed by atoms with Crippen LogP contribution in [0.3, 0.4) is 0 Å². The molecule has 13 heavy (non-hydrogen) atoms. The molecule has 0 heterocycles. The molecule has 1 aromatic rings. The van der Waals surface area contributed by atoms with E-state index in [1.807, 2.05) is 36.4 Å². The highest BCUT2D eigenvalue weighted by atomic mass is 16.5. The summed E-state index contributed by atoms with van der Waals surface area (Å²) in [7, 11) is 1.67. The zero-order valence-electron chi connectivity index (χ0n) is 7.86. The average Bonchev–Trinajstić information content (AvgIpc) is 2.20. The number of ether oxygens (including phenoxy) is 1. The molecule has 0 N–H and O–H groups in total. The van der Waals surface area contributed by atoms with Gasteiger partial charge in [0.15, 0.2) is 0 Å². The summed E-state index contributed by atoms with van der Waals surface area (Å²) in [5, 5.41) is 0. The molecule has 0 unspecified atom stereocenters. The molecule has 1 rings (SSSR count). The van der Waals surface area contributed by atoms with Gasteiger partial charge in [0, 0.05) is 11.5 Å². The molecular weight excluding hydrogens is 160 g/mol. The second-order valence-electron chi connectivity index (χ2n) is 2.74. The summed E-state index contributed by atoms with van der Waals surface area (Å²) in [6.45, 7) is 7.51. The van der Waals surface area contributed by atoms with E-state index >= 15 is 0 Å². The van der Waals surface area contributed by atoms with E-state index in [1.54, 1.807) is 7.11 Å². The third-order valence-corrected chi connectivity index (χ3v) is 2.01. The quantitative estimate of drug-likeness (QED) is 0.637. The molecule has 1 nitrogen and oxygen atoms in total. The monoisotopic (exact) mass is 174 g/mol. The van der Waals surface area contributed by atoms with Crippen LogP contribution in [0.2, 0.25) is 0 Å². The van der Waals surface area contributed by atoms with E-state index in [-0.39, 0.29) is 5.92 Å². The summed E-state index contributed by atoms with van der Waals surface area (Å²) in [6.07, 6.45) is 3.70. The Morgan fingerprint density at radius 1 is 1.23 bits per heavy atom. The van der Waals surface area contributed by atoms with Crippen LogP contribution in [0.4, 0.5) is 0 Å². The molecule has 0 amide bonds. The summed E-state index contributed by atoms with van der Waals surface area (Å²) >= 11 is 0. The lowest BCUT2D eigenvalue weighted by Gasteiger charge is -2.11. The molecule has 1 aromatic carbocycles. The van der Waals surface area contributed by atoms with Gasteiger partial charge in [0.2, 0.25) is 0 Å². The lowest BCUT2D eigenvalue weighted by molar-refractivity contribution is 0.409. The van der Waals surface area contributed by atoms with Crippen molar-refractivity contribution in [2.24, 2.45) is 0 Å². The van der Waals surface area contributed by atoms with Gasteiger partial charge in [0.1, 0.15) is 5.75 Å². The average molecular weight is 174 g/mol. The number of hydrogen-bond acceptors (Lipinski definition) is 1. The van der Waals surface area contributed by atoms with Gasteiger partial charge in [-0.3, -0.25) is 0 Å². The molecule has 0 aromatic heterocycles. The molecule has 68 valence electrons. The molecule has 0 aliphatic rings. The fraction of sp³-hybridized carbons (Fsp3) is 0.167. The van der Waals surface area contributed by atoms with Gasteiger partial charge >= 0.3 is 0 Å². The predicted octanol–water partition coefficient (Wildman–Crippen LogP) is 3.15. The molecule has 0 saturated carbocycles. The zero-order valence-corrected chi connectivity index (χ0v) is 7.86. The minimum absolute atomic E-state index is 0.163. The van der Waals surface area contributed by atoms with Crippen LogP contribution in [-0.2, 0) is 0 Å². The topological polar surface area (TPSA) is 9.23 Å². The van der Waals surface area contributed by atoms with Gasteiger partial charge in [-0.05, 0) is 6.07 Å². The van der Waals surface area contributed by atoms with Gasteiger partial charge in [-0.25, -0.2) is 0 Å². The minimum Gasteiger partial charge on any atom is -0.496 e. The van der Waals surface area contributed by atoms with Gasteiger partial charge in [-0.1, -0.05) is 30.4 Å². The van der Waals surface area contributed by atoms with E-state index in [9.17, 15) is 0 Å². The van der Waals surface area contributed by atoms with Crippen LogP contribution in [0, 0.1) is 0 Å². The highest BCUT2D eigenvalue weighted by Gasteiger charge is 2.07. The Bertz CT molecular complexity index is 294. The molecule has 0 spiro atoms. The lowest BCUT2D eigenvalue weighted by atomic mass is 9.98. The molecule has 0 aliphatic carbocycles. The van der Waals surface area contributed by atoms with Gasteiger partial charge in [0.05, 0.1) is 7.11 Å². The summed E-state index contributed by atoms with van der Waals surface area (Å²) < 4.78 is 5.23. The number of allylic oxidation sites excluding steroid dienone is 2. The van der Waals surface area contributed by atoms with Gasteiger partial charge in [-0.15, -0.1) is 13.2 Å². The first-order valence-corrected chi connectivity index (χ1v) is 4.21. The first kappa shape index (κ1) is 9.59. The van der Waals surface area contributed by atoms with E-state index < -0.39 is 0 Å². The van der Waals surface area contributed by atoms with E-state index in [1.165, 1.54) is 0 Å². The second kappa shape index (κ2) is 4.51. The Morgan fingerprint density at radius 3 is 2.38 bits per heavy atom. The normalized spacial score (nSPS) is 9.69. The third-order valence-electron chi connectivity index (χ3n) is 2.01. The van der Waals surface area contributed by atoms with Crippen molar-refractivity contribution in [3.05, 3.63) is 55.1 Å². The van der Waals surface area contributed by atoms with Crippen LogP contribution in [0.15, 0.2) is 49.6 Å². The van der Waals surface area contributed by atoms with Gasteiger partial charge < -0.3 is 4.74 Å². The van der Waals surface area contributed by atoms with Crippen molar-refractivity contribution in [3.63, 3.8) is 0 Å². The first-order valence-electron chi connectivity index (χ1n) is 4.21. The van der Waals surface area contributed by atoms with Crippen LogP contribution in [-0.4, -0.2) is 7.11 Å². The van der Waals surface area contributed by atoms with Crippen molar-refractivity contribution >= 4 is 0 Å². The van der Waals surface area contributed by atoms with Crippen molar-refractivity contribution in [1.82, 2.24) is 0 Å². The molecular formula is C12H14O. The fourth-order valence-electron chi connectivity index (χ4n) is 1.29. The van der Waals surface area contributed by atoms with Crippen LogP contribution >= 0.6 is 0 Å². The summed E-state index contributed by atoms with van der Waals surface area (Å²) in [4.78, 5) is 0. The van der Waals surface area contributed by atoms with Crippen molar-refractivity contribution in [1.29, 1.82) is 0 Å². The molecule has 0 saturated heterocycles.